The van der Waals surface area contributed by atoms with Crippen LogP contribution in [0.3, 0.4) is 0 Å². The lowest BCUT2D eigenvalue weighted by molar-refractivity contribution is -0.139. The largest absolute Gasteiger partial charge is 0.507 e. The van der Waals surface area contributed by atoms with Gasteiger partial charge in [-0.25, -0.2) is 0 Å². The Hall–Kier alpha value is -4.06. The molecule has 1 heterocycles. The van der Waals surface area contributed by atoms with E-state index < -0.39 is 17.7 Å². The van der Waals surface area contributed by atoms with Gasteiger partial charge in [0, 0.05) is 12.1 Å². The third-order valence-electron chi connectivity index (χ3n) is 6.57. The standard InChI is InChI=1S/C32H35NO5/c1-3-5-21-38-27-13-9-12-25(22-27)30(34)28-29(24-14-16-26(17-15-24)37-20-4-2)33(32(36)31(28)35)19-18-23-10-7-6-8-11-23/h6-17,22,29,34H,3-5,18-21H2,1-2H3. The fraction of sp³-hybridized carbons (Fsp3) is 0.312. The van der Waals surface area contributed by atoms with Gasteiger partial charge < -0.3 is 19.5 Å². The van der Waals surface area contributed by atoms with Gasteiger partial charge in [0.15, 0.2) is 0 Å². The highest BCUT2D eigenvalue weighted by molar-refractivity contribution is 6.46. The third kappa shape index (κ3) is 6.25. The molecule has 1 N–H and O–H groups in total. The van der Waals surface area contributed by atoms with Crippen LogP contribution in [-0.4, -0.2) is 41.5 Å². The van der Waals surface area contributed by atoms with Crippen LogP contribution in [0.2, 0.25) is 0 Å². The summed E-state index contributed by atoms with van der Waals surface area (Å²) in [7, 11) is 0. The molecule has 0 aliphatic carbocycles. The molecule has 0 saturated carbocycles. The number of rotatable bonds is 12. The van der Waals surface area contributed by atoms with Crippen LogP contribution in [0.5, 0.6) is 11.5 Å². The number of ether oxygens (including phenoxy) is 2. The molecule has 6 heteroatoms. The molecule has 0 radical (unpaired) electrons. The van der Waals surface area contributed by atoms with E-state index in [2.05, 4.69) is 6.92 Å². The van der Waals surface area contributed by atoms with Crippen molar-refractivity contribution in [2.75, 3.05) is 19.8 Å². The Morgan fingerprint density at radius 3 is 2.29 bits per heavy atom. The molecule has 6 nitrogen and oxygen atoms in total. The van der Waals surface area contributed by atoms with E-state index in [0.29, 0.717) is 43.2 Å². The van der Waals surface area contributed by atoms with Gasteiger partial charge in [-0.05, 0) is 54.7 Å². The molecular formula is C32H35NO5. The van der Waals surface area contributed by atoms with Crippen LogP contribution in [-0.2, 0) is 16.0 Å². The third-order valence-corrected chi connectivity index (χ3v) is 6.57. The van der Waals surface area contributed by atoms with E-state index in [1.165, 1.54) is 0 Å². The number of likely N-dealkylation sites (tertiary alicyclic amines) is 1. The number of Topliss-reactive ketones (excluding diaryl/α,β-unsaturated/α-hetero) is 1. The maximum atomic E-state index is 13.4. The van der Waals surface area contributed by atoms with Crippen molar-refractivity contribution < 1.29 is 24.2 Å². The van der Waals surface area contributed by atoms with Gasteiger partial charge in [-0.2, -0.15) is 0 Å². The zero-order valence-electron chi connectivity index (χ0n) is 22.1. The van der Waals surface area contributed by atoms with E-state index in [4.69, 9.17) is 9.47 Å². The van der Waals surface area contributed by atoms with E-state index in [1.54, 1.807) is 23.1 Å². The minimum absolute atomic E-state index is 0.0796. The summed E-state index contributed by atoms with van der Waals surface area (Å²) in [6.45, 7) is 5.64. The Kier molecular flexibility index (Phi) is 9.20. The first-order chi connectivity index (χ1) is 18.5. The molecule has 1 aliphatic heterocycles. The summed E-state index contributed by atoms with van der Waals surface area (Å²) in [6.07, 6.45) is 3.40. The molecule has 1 fully saturated rings. The summed E-state index contributed by atoms with van der Waals surface area (Å²) in [4.78, 5) is 28.2. The Balaban J connectivity index is 1.71. The molecule has 38 heavy (non-hydrogen) atoms. The summed E-state index contributed by atoms with van der Waals surface area (Å²) < 4.78 is 11.5. The SMILES string of the molecule is CCCCOc1cccc(C(O)=C2C(=O)C(=O)N(CCc3ccccc3)C2c2ccc(OCCC)cc2)c1. The summed E-state index contributed by atoms with van der Waals surface area (Å²) in [5, 5.41) is 11.4. The lowest BCUT2D eigenvalue weighted by atomic mass is 9.95. The highest BCUT2D eigenvalue weighted by Crippen LogP contribution is 2.40. The van der Waals surface area contributed by atoms with Gasteiger partial charge in [0.05, 0.1) is 24.8 Å². The first kappa shape index (κ1) is 27.0. The van der Waals surface area contributed by atoms with E-state index in [-0.39, 0.29) is 11.3 Å². The van der Waals surface area contributed by atoms with Crippen LogP contribution in [0.25, 0.3) is 5.76 Å². The number of hydrogen-bond donors (Lipinski definition) is 1. The number of ketones is 1. The zero-order chi connectivity index (χ0) is 26.9. The molecule has 1 amide bonds. The summed E-state index contributed by atoms with van der Waals surface area (Å²) in [5.41, 5.74) is 2.32. The van der Waals surface area contributed by atoms with Crippen molar-refractivity contribution >= 4 is 17.4 Å². The van der Waals surface area contributed by atoms with Crippen LogP contribution in [0.1, 0.15) is 55.8 Å². The Morgan fingerprint density at radius 2 is 1.58 bits per heavy atom. The number of carbonyl (C=O) groups is 2. The highest BCUT2D eigenvalue weighted by Gasteiger charge is 2.45. The lowest BCUT2D eigenvalue weighted by Crippen LogP contribution is -2.31. The molecule has 1 aliphatic rings. The Bertz CT molecular complexity index is 1270. The minimum atomic E-state index is -0.719. The fourth-order valence-electron chi connectivity index (χ4n) is 4.54. The van der Waals surface area contributed by atoms with Gasteiger partial charge in [-0.3, -0.25) is 9.59 Å². The second-order valence-electron chi connectivity index (χ2n) is 9.38. The van der Waals surface area contributed by atoms with Crippen LogP contribution in [0, 0.1) is 0 Å². The average molecular weight is 514 g/mol. The maximum Gasteiger partial charge on any atom is 0.295 e. The number of hydrogen-bond acceptors (Lipinski definition) is 5. The number of aliphatic hydroxyl groups is 1. The number of benzene rings is 3. The van der Waals surface area contributed by atoms with E-state index in [1.807, 2.05) is 67.6 Å². The number of unbranched alkanes of at least 4 members (excludes halogenated alkanes) is 1. The number of amides is 1. The number of aliphatic hydroxyl groups excluding tert-OH is 1. The molecule has 3 aromatic carbocycles. The second kappa shape index (κ2) is 13.0. The van der Waals surface area contributed by atoms with Crippen molar-refractivity contribution in [2.45, 2.75) is 45.6 Å². The van der Waals surface area contributed by atoms with Gasteiger partial charge in [0.25, 0.3) is 11.7 Å². The molecule has 1 atom stereocenters. The van der Waals surface area contributed by atoms with Gasteiger partial charge in [-0.1, -0.05) is 74.9 Å². The molecule has 198 valence electrons. The van der Waals surface area contributed by atoms with Gasteiger partial charge in [0.2, 0.25) is 0 Å². The number of carbonyl (C=O) groups excluding carboxylic acids is 2. The molecule has 3 aromatic rings. The number of nitrogens with zero attached hydrogens (tertiary/aromatic N) is 1. The Labute approximate surface area is 224 Å². The van der Waals surface area contributed by atoms with Crippen molar-refractivity contribution in [2.24, 2.45) is 0 Å². The predicted molar refractivity (Wildman–Crippen MR) is 148 cm³/mol. The minimum Gasteiger partial charge on any atom is -0.507 e. The fourth-order valence-corrected chi connectivity index (χ4v) is 4.54. The van der Waals surface area contributed by atoms with Crippen molar-refractivity contribution in [3.63, 3.8) is 0 Å². The van der Waals surface area contributed by atoms with Crippen molar-refractivity contribution in [1.82, 2.24) is 4.90 Å². The van der Waals surface area contributed by atoms with E-state index in [9.17, 15) is 14.7 Å². The summed E-state index contributed by atoms with van der Waals surface area (Å²) in [5.74, 6) is -0.190. The molecular weight excluding hydrogens is 478 g/mol. The molecule has 1 unspecified atom stereocenters. The normalized spacial score (nSPS) is 16.6. The van der Waals surface area contributed by atoms with E-state index >= 15 is 0 Å². The zero-order valence-corrected chi connectivity index (χ0v) is 22.1. The first-order valence-electron chi connectivity index (χ1n) is 13.3. The van der Waals surface area contributed by atoms with Gasteiger partial charge in [0.1, 0.15) is 17.3 Å². The quantitative estimate of drug-likeness (QED) is 0.133. The first-order valence-corrected chi connectivity index (χ1v) is 13.3. The maximum absolute atomic E-state index is 13.4. The summed E-state index contributed by atoms with van der Waals surface area (Å²) in [6, 6.07) is 23.5. The average Bonchev–Trinajstić information content (AvgIpc) is 3.20. The summed E-state index contributed by atoms with van der Waals surface area (Å²) >= 11 is 0. The molecule has 0 bridgehead atoms. The van der Waals surface area contributed by atoms with Gasteiger partial charge in [-0.15, -0.1) is 0 Å². The smallest absolute Gasteiger partial charge is 0.295 e. The highest BCUT2D eigenvalue weighted by atomic mass is 16.5. The van der Waals surface area contributed by atoms with Gasteiger partial charge >= 0.3 is 0 Å². The topological polar surface area (TPSA) is 76.1 Å². The van der Waals surface area contributed by atoms with Crippen LogP contribution >= 0.6 is 0 Å². The molecule has 0 aromatic heterocycles. The molecule has 1 saturated heterocycles. The van der Waals surface area contributed by atoms with Crippen molar-refractivity contribution in [3.05, 3.63) is 101 Å². The monoisotopic (exact) mass is 513 g/mol. The van der Waals surface area contributed by atoms with Crippen LogP contribution < -0.4 is 9.47 Å². The molecule has 4 rings (SSSR count). The van der Waals surface area contributed by atoms with Crippen LogP contribution in [0.4, 0.5) is 0 Å². The Morgan fingerprint density at radius 1 is 0.842 bits per heavy atom. The van der Waals surface area contributed by atoms with Crippen LogP contribution in [0.15, 0.2) is 84.4 Å². The second-order valence-corrected chi connectivity index (χ2v) is 9.38. The van der Waals surface area contributed by atoms with E-state index in [0.717, 1.165) is 30.4 Å². The van der Waals surface area contributed by atoms with Crippen molar-refractivity contribution in [3.8, 4) is 11.5 Å². The predicted octanol–water partition coefficient (Wildman–Crippen LogP) is 6.32. The lowest BCUT2D eigenvalue weighted by Gasteiger charge is -2.25. The molecule has 0 spiro atoms. The van der Waals surface area contributed by atoms with Crippen molar-refractivity contribution in [1.29, 1.82) is 0 Å².